The van der Waals surface area contributed by atoms with E-state index in [-0.39, 0.29) is 18.2 Å². The van der Waals surface area contributed by atoms with Gasteiger partial charge in [0.15, 0.2) is 0 Å². The summed E-state index contributed by atoms with van der Waals surface area (Å²) >= 11 is 0. The van der Waals surface area contributed by atoms with Gasteiger partial charge in [0.05, 0.1) is 11.0 Å². The fourth-order valence-corrected chi connectivity index (χ4v) is 1.50. The minimum Gasteiger partial charge on any atom is -0.372 e. The van der Waals surface area contributed by atoms with Crippen LogP contribution in [0.2, 0.25) is 0 Å². The first-order chi connectivity index (χ1) is 8.19. The zero-order valence-electron chi connectivity index (χ0n) is 9.37. The zero-order chi connectivity index (χ0) is 12.3. The van der Waals surface area contributed by atoms with E-state index in [1.165, 1.54) is 0 Å². The van der Waals surface area contributed by atoms with E-state index in [1.54, 1.807) is 18.2 Å². The highest BCUT2D eigenvalue weighted by Gasteiger charge is 2.04. The standard InChI is InChI=1S/C11H13N3O3/c1-2-17-6-10(15)12-7-3-4-8-9(5-7)14-11(16)13-8/h3-5H,2,6H2,1H3,(H,12,15)(H2,13,14,16). The number of carbonyl (C=O) groups excluding carboxylic acids is 1. The molecular weight excluding hydrogens is 222 g/mol. The minimum atomic E-state index is -0.266. The van der Waals surface area contributed by atoms with Gasteiger partial charge in [-0.1, -0.05) is 0 Å². The third-order valence-electron chi connectivity index (χ3n) is 2.24. The summed E-state index contributed by atoms with van der Waals surface area (Å²) in [4.78, 5) is 27.7. The number of benzene rings is 1. The molecule has 6 heteroatoms. The van der Waals surface area contributed by atoms with Gasteiger partial charge in [0.1, 0.15) is 6.61 Å². The van der Waals surface area contributed by atoms with Gasteiger partial charge < -0.3 is 20.0 Å². The number of fused-ring (bicyclic) bond motifs is 1. The highest BCUT2D eigenvalue weighted by atomic mass is 16.5. The number of ether oxygens (including phenoxy) is 1. The van der Waals surface area contributed by atoms with Gasteiger partial charge >= 0.3 is 5.69 Å². The Morgan fingerprint density at radius 3 is 2.88 bits per heavy atom. The molecular formula is C11H13N3O3. The summed E-state index contributed by atoms with van der Waals surface area (Å²) in [5, 5.41) is 2.68. The van der Waals surface area contributed by atoms with Crippen molar-refractivity contribution in [2.75, 3.05) is 18.5 Å². The van der Waals surface area contributed by atoms with Crippen LogP contribution in [0.25, 0.3) is 11.0 Å². The molecule has 0 spiro atoms. The van der Waals surface area contributed by atoms with E-state index in [0.29, 0.717) is 23.3 Å². The van der Waals surface area contributed by atoms with Crippen LogP contribution in [0.5, 0.6) is 0 Å². The van der Waals surface area contributed by atoms with Crippen LogP contribution in [0.15, 0.2) is 23.0 Å². The number of anilines is 1. The number of aromatic nitrogens is 2. The van der Waals surface area contributed by atoms with Crippen molar-refractivity contribution in [2.24, 2.45) is 0 Å². The predicted molar refractivity (Wildman–Crippen MR) is 64.0 cm³/mol. The Hall–Kier alpha value is -2.08. The number of H-pyrrole nitrogens is 2. The van der Waals surface area contributed by atoms with Crippen LogP contribution >= 0.6 is 0 Å². The van der Waals surface area contributed by atoms with Crippen molar-refractivity contribution in [1.82, 2.24) is 9.97 Å². The summed E-state index contributed by atoms with van der Waals surface area (Å²) in [6.07, 6.45) is 0. The number of hydrogen-bond acceptors (Lipinski definition) is 3. The van der Waals surface area contributed by atoms with Crippen molar-refractivity contribution in [3.8, 4) is 0 Å². The molecule has 1 aromatic heterocycles. The van der Waals surface area contributed by atoms with Crippen LogP contribution < -0.4 is 11.0 Å². The number of amides is 1. The lowest BCUT2D eigenvalue weighted by atomic mass is 10.3. The molecule has 1 amide bonds. The molecule has 0 aliphatic heterocycles. The lowest BCUT2D eigenvalue weighted by Crippen LogP contribution is -2.18. The van der Waals surface area contributed by atoms with Gasteiger partial charge in [-0.05, 0) is 25.1 Å². The molecule has 1 aromatic carbocycles. The summed E-state index contributed by atoms with van der Waals surface area (Å²) in [5.41, 5.74) is 1.72. The SMILES string of the molecule is CCOCC(=O)Nc1ccc2[nH]c(=O)[nH]c2c1. The van der Waals surface area contributed by atoms with Crippen molar-refractivity contribution in [3.05, 3.63) is 28.7 Å². The van der Waals surface area contributed by atoms with E-state index >= 15 is 0 Å². The van der Waals surface area contributed by atoms with Crippen LogP contribution in [0, 0.1) is 0 Å². The second-order valence-electron chi connectivity index (χ2n) is 3.52. The average Bonchev–Trinajstić information content (AvgIpc) is 2.65. The Labute approximate surface area is 97.0 Å². The first-order valence-electron chi connectivity index (χ1n) is 5.28. The number of imidazole rings is 1. The monoisotopic (exact) mass is 235 g/mol. The Kier molecular flexibility index (Phi) is 3.24. The number of nitrogens with one attached hydrogen (secondary N) is 3. The fraction of sp³-hybridized carbons (Fsp3) is 0.273. The molecule has 0 aliphatic rings. The molecule has 1 heterocycles. The molecule has 2 aromatic rings. The maximum Gasteiger partial charge on any atom is 0.323 e. The van der Waals surface area contributed by atoms with Crippen LogP contribution in [0.3, 0.4) is 0 Å². The second kappa shape index (κ2) is 4.84. The van der Waals surface area contributed by atoms with Crippen molar-refractivity contribution in [2.45, 2.75) is 6.92 Å². The molecule has 0 radical (unpaired) electrons. The Balaban J connectivity index is 2.13. The molecule has 0 unspecified atom stereocenters. The van der Waals surface area contributed by atoms with Gasteiger partial charge in [-0.2, -0.15) is 0 Å². The molecule has 3 N–H and O–H groups in total. The van der Waals surface area contributed by atoms with E-state index in [2.05, 4.69) is 15.3 Å². The van der Waals surface area contributed by atoms with E-state index in [1.807, 2.05) is 6.92 Å². The van der Waals surface area contributed by atoms with Crippen LogP contribution in [0.4, 0.5) is 5.69 Å². The van der Waals surface area contributed by atoms with E-state index in [0.717, 1.165) is 0 Å². The largest absolute Gasteiger partial charge is 0.372 e. The summed E-state index contributed by atoms with van der Waals surface area (Å²) in [5.74, 6) is -0.218. The van der Waals surface area contributed by atoms with Gasteiger partial charge in [0.25, 0.3) is 0 Å². The number of rotatable bonds is 4. The molecule has 6 nitrogen and oxygen atoms in total. The van der Waals surface area contributed by atoms with Gasteiger partial charge in [0, 0.05) is 12.3 Å². The normalized spacial score (nSPS) is 10.6. The second-order valence-corrected chi connectivity index (χ2v) is 3.52. The van der Waals surface area contributed by atoms with Crippen molar-refractivity contribution >= 4 is 22.6 Å². The van der Waals surface area contributed by atoms with E-state index in [9.17, 15) is 9.59 Å². The molecule has 0 atom stereocenters. The topological polar surface area (TPSA) is 87.0 Å². The van der Waals surface area contributed by atoms with Gasteiger partial charge in [-0.15, -0.1) is 0 Å². The molecule has 2 rings (SSSR count). The Morgan fingerprint density at radius 2 is 2.12 bits per heavy atom. The van der Waals surface area contributed by atoms with Crippen molar-refractivity contribution < 1.29 is 9.53 Å². The summed E-state index contributed by atoms with van der Waals surface area (Å²) in [6.45, 7) is 2.35. The molecule has 0 saturated heterocycles. The highest BCUT2D eigenvalue weighted by Crippen LogP contribution is 2.14. The van der Waals surface area contributed by atoms with Gasteiger partial charge in [-0.25, -0.2) is 4.79 Å². The quantitative estimate of drug-likeness (QED) is 0.733. The van der Waals surface area contributed by atoms with Crippen LogP contribution in [0.1, 0.15) is 6.92 Å². The third-order valence-corrected chi connectivity index (χ3v) is 2.24. The maximum atomic E-state index is 11.4. The first-order valence-corrected chi connectivity index (χ1v) is 5.28. The highest BCUT2D eigenvalue weighted by molar-refractivity contribution is 5.93. The number of aromatic amines is 2. The Morgan fingerprint density at radius 1 is 1.35 bits per heavy atom. The lowest BCUT2D eigenvalue weighted by Gasteiger charge is -2.04. The molecule has 0 aliphatic carbocycles. The van der Waals surface area contributed by atoms with Gasteiger partial charge in [0.2, 0.25) is 5.91 Å². The zero-order valence-corrected chi connectivity index (χ0v) is 9.37. The van der Waals surface area contributed by atoms with Crippen LogP contribution in [-0.2, 0) is 9.53 Å². The fourth-order valence-electron chi connectivity index (χ4n) is 1.50. The summed E-state index contributed by atoms with van der Waals surface area (Å²) in [6, 6.07) is 5.14. The number of carbonyl (C=O) groups is 1. The lowest BCUT2D eigenvalue weighted by molar-refractivity contribution is -0.120. The average molecular weight is 235 g/mol. The predicted octanol–water partition coefficient (Wildman–Crippen LogP) is 0.831. The minimum absolute atomic E-state index is 0.0260. The van der Waals surface area contributed by atoms with Crippen molar-refractivity contribution in [1.29, 1.82) is 0 Å². The first kappa shape index (κ1) is 11.4. The summed E-state index contributed by atoms with van der Waals surface area (Å²) in [7, 11) is 0. The van der Waals surface area contributed by atoms with E-state index < -0.39 is 0 Å². The molecule has 0 saturated carbocycles. The smallest absolute Gasteiger partial charge is 0.323 e. The summed E-state index contributed by atoms with van der Waals surface area (Å²) < 4.78 is 4.98. The van der Waals surface area contributed by atoms with Crippen molar-refractivity contribution in [3.63, 3.8) is 0 Å². The maximum absolute atomic E-state index is 11.4. The third kappa shape index (κ3) is 2.73. The molecule has 0 bridgehead atoms. The van der Waals surface area contributed by atoms with Crippen LogP contribution in [-0.4, -0.2) is 29.1 Å². The molecule has 0 fully saturated rings. The molecule has 17 heavy (non-hydrogen) atoms. The number of hydrogen-bond donors (Lipinski definition) is 3. The Bertz CT molecular complexity index is 585. The van der Waals surface area contributed by atoms with E-state index in [4.69, 9.17) is 4.74 Å². The molecule has 90 valence electrons. The van der Waals surface area contributed by atoms with Gasteiger partial charge in [-0.3, -0.25) is 4.79 Å².